The number of thioether (sulfide) groups is 1. The third-order valence-electron chi connectivity index (χ3n) is 3.39. The molecular weight excluding hydrogens is 303 g/mol. The van der Waals surface area contributed by atoms with Crippen molar-refractivity contribution in [2.45, 2.75) is 50.6 Å². The lowest BCUT2D eigenvalue weighted by Crippen LogP contribution is -2.20. The van der Waals surface area contributed by atoms with E-state index in [1.54, 1.807) is 11.3 Å². The molecule has 0 spiro atoms. The minimum atomic E-state index is -4.04. The second-order valence-electron chi connectivity index (χ2n) is 5.02. The molecule has 0 aromatic carbocycles. The van der Waals surface area contributed by atoms with Crippen molar-refractivity contribution in [1.29, 1.82) is 0 Å². The average molecular weight is 323 g/mol. The Morgan fingerprint density at radius 3 is 2.85 bits per heavy atom. The third-order valence-corrected chi connectivity index (χ3v) is 5.75. The van der Waals surface area contributed by atoms with Crippen molar-refractivity contribution in [3.63, 3.8) is 0 Å². The Morgan fingerprint density at radius 1 is 1.40 bits per heavy atom. The van der Waals surface area contributed by atoms with Crippen molar-refractivity contribution in [2.24, 2.45) is 0 Å². The van der Waals surface area contributed by atoms with Crippen LogP contribution in [0.25, 0.3) is 0 Å². The molecule has 1 aliphatic heterocycles. The van der Waals surface area contributed by atoms with E-state index in [2.05, 4.69) is 11.4 Å². The van der Waals surface area contributed by atoms with Crippen LogP contribution in [0, 0.1) is 0 Å². The molecule has 0 saturated heterocycles. The molecule has 1 nitrogen and oxygen atoms in total. The Hall–Kier alpha value is -0.200. The van der Waals surface area contributed by atoms with Gasteiger partial charge in [0.2, 0.25) is 0 Å². The molecule has 2 heterocycles. The van der Waals surface area contributed by atoms with Crippen molar-refractivity contribution in [1.82, 2.24) is 5.32 Å². The summed E-state index contributed by atoms with van der Waals surface area (Å²) in [7, 11) is 0. The molecular formula is C14H20F3NS2. The van der Waals surface area contributed by atoms with Crippen LogP contribution in [0.4, 0.5) is 13.2 Å². The molecule has 0 bridgehead atoms. The number of hydrogen-bond donors (Lipinski definition) is 1. The second-order valence-corrected chi connectivity index (χ2v) is 7.29. The summed E-state index contributed by atoms with van der Waals surface area (Å²) >= 11 is 3.72. The van der Waals surface area contributed by atoms with Gasteiger partial charge in [-0.05, 0) is 43.2 Å². The first-order chi connectivity index (χ1) is 9.49. The van der Waals surface area contributed by atoms with E-state index in [0.29, 0.717) is 6.42 Å². The molecule has 1 N–H and O–H groups in total. The first-order valence-corrected chi connectivity index (χ1v) is 8.96. The highest BCUT2D eigenvalue weighted by Crippen LogP contribution is 2.36. The van der Waals surface area contributed by atoms with E-state index >= 15 is 0 Å². The fourth-order valence-electron chi connectivity index (χ4n) is 2.44. The summed E-state index contributed by atoms with van der Waals surface area (Å²) in [6.45, 7) is 2.79. The van der Waals surface area contributed by atoms with Crippen LogP contribution in [0.15, 0.2) is 6.07 Å². The van der Waals surface area contributed by atoms with Crippen LogP contribution in [0.2, 0.25) is 0 Å². The van der Waals surface area contributed by atoms with Gasteiger partial charge < -0.3 is 5.32 Å². The van der Waals surface area contributed by atoms with E-state index in [4.69, 9.17) is 0 Å². The lowest BCUT2D eigenvalue weighted by molar-refractivity contribution is -0.135. The predicted molar refractivity (Wildman–Crippen MR) is 80.5 cm³/mol. The zero-order valence-corrected chi connectivity index (χ0v) is 13.2. The lowest BCUT2D eigenvalue weighted by Gasteiger charge is -2.16. The highest BCUT2D eigenvalue weighted by atomic mass is 32.2. The highest BCUT2D eigenvalue weighted by Gasteiger charge is 2.27. The van der Waals surface area contributed by atoms with Gasteiger partial charge in [0.15, 0.2) is 0 Å². The standard InChI is InChI=1S/C14H20F3NS2/c1-2-18-11(4-3-6-14(15,16)17)13-8-10-9-19-7-5-12(10)20-13/h8,11,18H,2-7,9H2,1H3. The van der Waals surface area contributed by atoms with Gasteiger partial charge in [-0.1, -0.05) is 6.92 Å². The molecule has 1 atom stereocenters. The molecule has 1 aromatic heterocycles. The zero-order chi connectivity index (χ0) is 14.6. The number of hydrogen-bond acceptors (Lipinski definition) is 3. The SMILES string of the molecule is CCNC(CCCC(F)(F)F)c1cc2c(s1)CCSC2. The largest absolute Gasteiger partial charge is 0.389 e. The van der Waals surface area contributed by atoms with Gasteiger partial charge in [-0.15, -0.1) is 11.3 Å². The molecule has 0 radical (unpaired) electrons. The number of aryl methyl sites for hydroxylation is 1. The molecule has 114 valence electrons. The van der Waals surface area contributed by atoms with Crippen molar-refractivity contribution in [2.75, 3.05) is 12.3 Å². The van der Waals surface area contributed by atoms with Gasteiger partial charge in [-0.3, -0.25) is 0 Å². The smallest absolute Gasteiger partial charge is 0.310 e. The van der Waals surface area contributed by atoms with Crippen LogP contribution in [0.1, 0.15) is 47.5 Å². The van der Waals surface area contributed by atoms with Crippen LogP contribution < -0.4 is 5.32 Å². The third kappa shape index (κ3) is 4.67. The highest BCUT2D eigenvalue weighted by molar-refractivity contribution is 7.98. The van der Waals surface area contributed by atoms with Crippen LogP contribution in [0.5, 0.6) is 0 Å². The molecule has 0 amide bonds. The Kier molecular flexibility index (Phi) is 5.81. The van der Waals surface area contributed by atoms with Gasteiger partial charge in [-0.2, -0.15) is 24.9 Å². The van der Waals surface area contributed by atoms with E-state index < -0.39 is 12.6 Å². The van der Waals surface area contributed by atoms with Crippen LogP contribution in [-0.4, -0.2) is 18.5 Å². The first-order valence-electron chi connectivity index (χ1n) is 6.99. The lowest BCUT2D eigenvalue weighted by atomic mass is 10.1. The summed E-state index contributed by atoms with van der Waals surface area (Å²) in [4.78, 5) is 2.64. The maximum Gasteiger partial charge on any atom is 0.389 e. The van der Waals surface area contributed by atoms with Gasteiger partial charge in [-0.25, -0.2) is 0 Å². The Bertz CT molecular complexity index is 405. The molecule has 0 aliphatic carbocycles. The molecule has 1 aromatic rings. The van der Waals surface area contributed by atoms with Crippen molar-refractivity contribution in [3.05, 3.63) is 21.4 Å². The fourth-order valence-corrected chi connectivity index (χ4v) is 4.93. The second kappa shape index (κ2) is 7.18. The molecule has 1 unspecified atom stereocenters. The fraction of sp³-hybridized carbons (Fsp3) is 0.714. The van der Waals surface area contributed by atoms with Crippen LogP contribution in [-0.2, 0) is 12.2 Å². The van der Waals surface area contributed by atoms with E-state index in [1.807, 2.05) is 18.7 Å². The number of nitrogens with one attached hydrogen (secondary N) is 1. The molecule has 6 heteroatoms. The van der Waals surface area contributed by atoms with Gasteiger partial charge in [0.1, 0.15) is 0 Å². The minimum Gasteiger partial charge on any atom is -0.310 e. The normalized spacial score (nSPS) is 17.0. The maximum atomic E-state index is 12.3. The van der Waals surface area contributed by atoms with Gasteiger partial charge in [0.05, 0.1) is 0 Å². The van der Waals surface area contributed by atoms with E-state index in [1.165, 1.54) is 15.3 Å². The molecule has 0 fully saturated rings. The van der Waals surface area contributed by atoms with Gasteiger partial charge >= 0.3 is 6.18 Å². The number of halogens is 3. The minimum absolute atomic E-state index is 0.0722. The van der Waals surface area contributed by atoms with E-state index in [9.17, 15) is 13.2 Å². The monoisotopic (exact) mass is 323 g/mol. The summed E-state index contributed by atoms with van der Waals surface area (Å²) < 4.78 is 36.8. The van der Waals surface area contributed by atoms with Gasteiger partial charge in [0, 0.05) is 28.0 Å². The summed E-state index contributed by atoms with van der Waals surface area (Å²) in [6.07, 6.45) is -2.87. The van der Waals surface area contributed by atoms with Gasteiger partial charge in [0.25, 0.3) is 0 Å². The van der Waals surface area contributed by atoms with E-state index in [0.717, 1.165) is 24.5 Å². The number of rotatable bonds is 6. The molecule has 2 rings (SSSR count). The topological polar surface area (TPSA) is 12.0 Å². The summed E-state index contributed by atoms with van der Waals surface area (Å²) in [6, 6.07) is 2.27. The average Bonchev–Trinajstić information content (AvgIpc) is 2.80. The number of alkyl halides is 3. The quantitative estimate of drug-likeness (QED) is 0.797. The molecule has 0 saturated carbocycles. The first kappa shape index (κ1) is 16.2. The van der Waals surface area contributed by atoms with Crippen LogP contribution in [0.3, 0.4) is 0 Å². The Balaban J connectivity index is 1.98. The van der Waals surface area contributed by atoms with Crippen molar-refractivity contribution < 1.29 is 13.2 Å². The van der Waals surface area contributed by atoms with Crippen molar-refractivity contribution >= 4 is 23.1 Å². The van der Waals surface area contributed by atoms with Crippen LogP contribution >= 0.6 is 23.1 Å². The summed E-state index contributed by atoms with van der Waals surface area (Å²) in [5, 5.41) is 3.33. The molecule has 20 heavy (non-hydrogen) atoms. The van der Waals surface area contributed by atoms with Crippen molar-refractivity contribution in [3.8, 4) is 0 Å². The maximum absolute atomic E-state index is 12.3. The summed E-state index contributed by atoms with van der Waals surface area (Å²) in [5.41, 5.74) is 1.39. The predicted octanol–water partition coefficient (Wildman–Crippen LogP) is 4.92. The zero-order valence-electron chi connectivity index (χ0n) is 11.6. The summed E-state index contributed by atoms with van der Waals surface area (Å²) in [5.74, 6) is 2.21. The Labute approximate surface area is 126 Å². The Morgan fingerprint density at radius 2 is 2.20 bits per heavy atom. The number of fused-ring (bicyclic) bond motifs is 1. The number of thiophene rings is 1. The molecule has 1 aliphatic rings. The van der Waals surface area contributed by atoms with E-state index in [-0.39, 0.29) is 12.5 Å².